The lowest BCUT2D eigenvalue weighted by molar-refractivity contribution is 0.0697. The predicted octanol–water partition coefficient (Wildman–Crippen LogP) is 2.73. The van der Waals surface area contributed by atoms with E-state index in [1.54, 1.807) is 12.1 Å². The standard InChI is InChI=1S/C11H12O2/c1-3-4-9-7-10(11(12)13)6-5-8(9)2/h3-7H,1-2H3,(H,12,13)/b4-3-. The van der Waals surface area contributed by atoms with Crippen LogP contribution in [0.15, 0.2) is 24.3 Å². The molecule has 0 saturated carbocycles. The van der Waals surface area contributed by atoms with Gasteiger partial charge in [0, 0.05) is 0 Å². The molecule has 0 heterocycles. The normalized spacial score (nSPS) is 10.6. The van der Waals surface area contributed by atoms with Crippen molar-refractivity contribution in [3.63, 3.8) is 0 Å². The van der Waals surface area contributed by atoms with Crippen molar-refractivity contribution in [3.05, 3.63) is 41.0 Å². The summed E-state index contributed by atoms with van der Waals surface area (Å²) in [6, 6.07) is 5.11. The third kappa shape index (κ3) is 2.18. The Balaban J connectivity index is 3.18. The Morgan fingerprint density at radius 3 is 2.69 bits per heavy atom. The average Bonchev–Trinajstić information content (AvgIpc) is 2.08. The lowest BCUT2D eigenvalue weighted by atomic mass is 10.0. The quantitative estimate of drug-likeness (QED) is 0.752. The van der Waals surface area contributed by atoms with Crippen LogP contribution in [0.3, 0.4) is 0 Å². The number of hydrogen-bond acceptors (Lipinski definition) is 1. The molecule has 1 rings (SSSR count). The zero-order valence-electron chi connectivity index (χ0n) is 7.74. The van der Waals surface area contributed by atoms with Crippen LogP contribution >= 0.6 is 0 Å². The zero-order valence-corrected chi connectivity index (χ0v) is 7.74. The number of aryl methyl sites for hydroxylation is 1. The topological polar surface area (TPSA) is 37.3 Å². The first-order valence-electron chi connectivity index (χ1n) is 4.12. The number of hydrogen-bond donors (Lipinski definition) is 1. The highest BCUT2D eigenvalue weighted by molar-refractivity contribution is 5.88. The number of carboxylic acid groups (broad SMARTS) is 1. The van der Waals surface area contributed by atoms with Crippen molar-refractivity contribution in [1.82, 2.24) is 0 Å². The molecule has 2 heteroatoms. The van der Waals surface area contributed by atoms with Gasteiger partial charge in [0.25, 0.3) is 0 Å². The molecular weight excluding hydrogens is 164 g/mol. The minimum Gasteiger partial charge on any atom is -0.478 e. The van der Waals surface area contributed by atoms with E-state index in [0.717, 1.165) is 11.1 Å². The molecule has 2 nitrogen and oxygen atoms in total. The van der Waals surface area contributed by atoms with Crippen LogP contribution < -0.4 is 0 Å². The number of benzene rings is 1. The SMILES string of the molecule is C/C=C\c1cc(C(=O)O)ccc1C. The molecule has 0 aliphatic heterocycles. The molecule has 1 aromatic carbocycles. The van der Waals surface area contributed by atoms with Crippen LogP contribution in [-0.2, 0) is 0 Å². The highest BCUT2D eigenvalue weighted by atomic mass is 16.4. The van der Waals surface area contributed by atoms with Crippen LogP contribution in [0.1, 0.15) is 28.4 Å². The fourth-order valence-electron chi connectivity index (χ4n) is 1.13. The Morgan fingerprint density at radius 2 is 2.15 bits per heavy atom. The molecule has 68 valence electrons. The Hall–Kier alpha value is -1.57. The smallest absolute Gasteiger partial charge is 0.335 e. The second kappa shape index (κ2) is 3.90. The number of carbonyl (C=O) groups is 1. The van der Waals surface area contributed by atoms with Crippen molar-refractivity contribution in [2.75, 3.05) is 0 Å². The highest BCUT2D eigenvalue weighted by Gasteiger charge is 2.03. The first-order valence-corrected chi connectivity index (χ1v) is 4.12. The van der Waals surface area contributed by atoms with Gasteiger partial charge in [0.05, 0.1) is 5.56 Å². The van der Waals surface area contributed by atoms with Crippen LogP contribution in [0.25, 0.3) is 6.08 Å². The summed E-state index contributed by atoms with van der Waals surface area (Å²) in [5.41, 5.74) is 2.38. The van der Waals surface area contributed by atoms with Crippen molar-refractivity contribution in [1.29, 1.82) is 0 Å². The van der Waals surface area contributed by atoms with Gasteiger partial charge >= 0.3 is 5.97 Å². The summed E-state index contributed by atoms with van der Waals surface area (Å²) in [6.45, 7) is 3.87. The summed E-state index contributed by atoms with van der Waals surface area (Å²) in [5, 5.41) is 8.74. The third-order valence-corrected chi connectivity index (χ3v) is 1.87. The first-order chi connectivity index (χ1) is 6.15. The van der Waals surface area contributed by atoms with E-state index in [4.69, 9.17) is 5.11 Å². The molecule has 0 fully saturated rings. The van der Waals surface area contributed by atoms with E-state index in [2.05, 4.69) is 0 Å². The molecule has 0 aromatic heterocycles. The average molecular weight is 176 g/mol. The maximum Gasteiger partial charge on any atom is 0.335 e. The molecule has 0 aliphatic carbocycles. The Bertz CT molecular complexity index is 351. The number of allylic oxidation sites excluding steroid dienone is 1. The molecule has 0 radical (unpaired) electrons. The summed E-state index contributed by atoms with van der Waals surface area (Å²) in [4.78, 5) is 10.6. The van der Waals surface area contributed by atoms with E-state index in [9.17, 15) is 4.79 Å². The minimum absolute atomic E-state index is 0.332. The van der Waals surface area contributed by atoms with E-state index in [-0.39, 0.29) is 0 Å². The second-order valence-corrected chi connectivity index (χ2v) is 2.88. The van der Waals surface area contributed by atoms with Gasteiger partial charge in [-0.05, 0) is 37.1 Å². The second-order valence-electron chi connectivity index (χ2n) is 2.88. The summed E-state index contributed by atoms with van der Waals surface area (Å²) >= 11 is 0. The van der Waals surface area contributed by atoms with Gasteiger partial charge in [0.2, 0.25) is 0 Å². The van der Waals surface area contributed by atoms with Gasteiger partial charge in [-0.1, -0.05) is 18.2 Å². The number of aromatic carboxylic acids is 1. The fraction of sp³-hybridized carbons (Fsp3) is 0.182. The molecule has 0 bridgehead atoms. The molecular formula is C11H12O2. The monoisotopic (exact) mass is 176 g/mol. The maximum atomic E-state index is 10.6. The third-order valence-electron chi connectivity index (χ3n) is 1.87. The van der Waals surface area contributed by atoms with Crippen LogP contribution in [0, 0.1) is 6.92 Å². The summed E-state index contributed by atoms with van der Waals surface area (Å²) < 4.78 is 0. The molecule has 1 N–H and O–H groups in total. The van der Waals surface area contributed by atoms with Gasteiger partial charge in [0.15, 0.2) is 0 Å². The largest absolute Gasteiger partial charge is 0.478 e. The number of carboxylic acids is 1. The van der Waals surface area contributed by atoms with Crippen LogP contribution in [0.5, 0.6) is 0 Å². The predicted molar refractivity (Wildman–Crippen MR) is 52.8 cm³/mol. The molecule has 0 aliphatic rings. The van der Waals surface area contributed by atoms with E-state index in [1.807, 2.05) is 32.1 Å². The van der Waals surface area contributed by atoms with Gasteiger partial charge in [-0.3, -0.25) is 0 Å². The molecule has 0 spiro atoms. The van der Waals surface area contributed by atoms with Crippen molar-refractivity contribution >= 4 is 12.0 Å². The van der Waals surface area contributed by atoms with Gasteiger partial charge in [-0.2, -0.15) is 0 Å². The van der Waals surface area contributed by atoms with Crippen LogP contribution in [0.2, 0.25) is 0 Å². The fourth-order valence-corrected chi connectivity index (χ4v) is 1.13. The molecule has 1 aromatic rings. The Kier molecular flexibility index (Phi) is 2.85. The minimum atomic E-state index is -0.884. The lowest BCUT2D eigenvalue weighted by Gasteiger charge is -2.01. The van der Waals surface area contributed by atoms with E-state index >= 15 is 0 Å². The van der Waals surface area contributed by atoms with Gasteiger partial charge in [-0.25, -0.2) is 4.79 Å². The van der Waals surface area contributed by atoms with Gasteiger partial charge < -0.3 is 5.11 Å². The van der Waals surface area contributed by atoms with Crippen LogP contribution in [0.4, 0.5) is 0 Å². The summed E-state index contributed by atoms with van der Waals surface area (Å²) in [6.07, 6.45) is 3.80. The molecule has 0 amide bonds. The van der Waals surface area contributed by atoms with Gasteiger partial charge in [0.1, 0.15) is 0 Å². The highest BCUT2D eigenvalue weighted by Crippen LogP contribution is 2.12. The summed E-state index contributed by atoms with van der Waals surface area (Å²) in [5.74, 6) is -0.884. The van der Waals surface area contributed by atoms with Crippen molar-refractivity contribution < 1.29 is 9.90 Å². The van der Waals surface area contributed by atoms with Crippen molar-refractivity contribution in [2.45, 2.75) is 13.8 Å². The summed E-state index contributed by atoms with van der Waals surface area (Å²) in [7, 11) is 0. The van der Waals surface area contributed by atoms with E-state index < -0.39 is 5.97 Å². The first kappa shape index (κ1) is 9.52. The Labute approximate surface area is 77.5 Å². The molecule has 13 heavy (non-hydrogen) atoms. The lowest BCUT2D eigenvalue weighted by Crippen LogP contribution is -1.96. The molecule has 0 atom stereocenters. The van der Waals surface area contributed by atoms with Gasteiger partial charge in [-0.15, -0.1) is 0 Å². The van der Waals surface area contributed by atoms with Crippen molar-refractivity contribution in [2.24, 2.45) is 0 Å². The zero-order chi connectivity index (χ0) is 9.84. The van der Waals surface area contributed by atoms with Crippen molar-refractivity contribution in [3.8, 4) is 0 Å². The maximum absolute atomic E-state index is 10.6. The number of rotatable bonds is 2. The Morgan fingerprint density at radius 1 is 1.46 bits per heavy atom. The van der Waals surface area contributed by atoms with Crippen LogP contribution in [-0.4, -0.2) is 11.1 Å². The molecule has 0 unspecified atom stereocenters. The van der Waals surface area contributed by atoms with E-state index in [1.165, 1.54) is 0 Å². The molecule has 0 saturated heterocycles. The van der Waals surface area contributed by atoms with E-state index in [0.29, 0.717) is 5.56 Å².